The molecule has 1 aliphatic carbocycles. The molecule has 5 heteroatoms. The zero-order chi connectivity index (χ0) is 15.6. The quantitative estimate of drug-likeness (QED) is 0.785. The van der Waals surface area contributed by atoms with Crippen molar-refractivity contribution >= 4 is 17.7 Å². The second kappa shape index (κ2) is 6.58. The Hall–Kier alpha value is -1.39. The number of hydrogen-bond donors (Lipinski definition) is 1. The van der Waals surface area contributed by atoms with Crippen molar-refractivity contribution in [3.8, 4) is 0 Å². The number of likely N-dealkylation sites (tertiary alicyclic amines) is 1. The van der Waals surface area contributed by atoms with Crippen LogP contribution in [0.15, 0.2) is 0 Å². The Balaban J connectivity index is 1.87. The maximum absolute atomic E-state index is 12.3. The molecule has 0 aromatic heterocycles. The second-order valence-corrected chi connectivity index (χ2v) is 6.68. The average Bonchev–Trinajstić information content (AvgIpc) is 2.69. The van der Waals surface area contributed by atoms with Crippen LogP contribution in [0.4, 0.5) is 0 Å². The van der Waals surface area contributed by atoms with Crippen molar-refractivity contribution in [2.75, 3.05) is 6.54 Å². The van der Waals surface area contributed by atoms with Gasteiger partial charge in [0.15, 0.2) is 0 Å². The van der Waals surface area contributed by atoms with Crippen molar-refractivity contribution < 1.29 is 14.4 Å². The Bertz CT molecular complexity index is 409. The minimum Gasteiger partial charge on any atom is -0.353 e. The van der Waals surface area contributed by atoms with Crippen LogP contribution in [-0.4, -0.2) is 35.2 Å². The molecule has 0 unspecified atom stereocenters. The molecule has 5 nitrogen and oxygen atoms in total. The van der Waals surface area contributed by atoms with Crippen LogP contribution in [0.2, 0.25) is 0 Å². The van der Waals surface area contributed by atoms with Gasteiger partial charge < -0.3 is 5.32 Å². The van der Waals surface area contributed by atoms with Crippen molar-refractivity contribution in [2.45, 2.75) is 58.9 Å². The van der Waals surface area contributed by atoms with Gasteiger partial charge >= 0.3 is 0 Å². The van der Waals surface area contributed by atoms with Gasteiger partial charge in [-0.15, -0.1) is 0 Å². The topological polar surface area (TPSA) is 66.5 Å². The van der Waals surface area contributed by atoms with Crippen molar-refractivity contribution in [1.29, 1.82) is 0 Å². The number of carbonyl (C=O) groups is 3. The van der Waals surface area contributed by atoms with E-state index in [4.69, 9.17) is 0 Å². The van der Waals surface area contributed by atoms with Gasteiger partial charge in [-0.2, -0.15) is 0 Å². The first-order valence-corrected chi connectivity index (χ1v) is 8.06. The van der Waals surface area contributed by atoms with E-state index in [9.17, 15) is 14.4 Å². The number of amides is 3. The van der Waals surface area contributed by atoms with E-state index in [2.05, 4.69) is 5.32 Å². The van der Waals surface area contributed by atoms with E-state index >= 15 is 0 Å². The lowest BCUT2D eigenvalue weighted by Gasteiger charge is -2.19. The summed E-state index contributed by atoms with van der Waals surface area (Å²) in [6, 6.07) is 0.102. The van der Waals surface area contributed by atoms with Crippen molar-refractivity contribution in [1.82, 2.24) is 10.2 Å². The molecule has 1 saturated heterocycles. The molecule has 21 heavy (non-hydrogen) atoms. The summed E-state index contributed by atoms with van der Waals surface area (Å²) in [5, 5.41) is 2.91. The van der Waals surface area contributed by atoms with E-state index < -0.39 is 0 Å². The number of imide groups is 1. The maximum Gasteiger partial charge on any atom is 0.233 e. The first-order chi connectivity index (χ1) is 9.91. The van der Waals surface area contributed by atoms with Gasteiger partial charge in [0.1, 0.15) is 0 Å². The fraction of sp³-hybridized carbons (Fsp3) is 0.812. The van der Waals surface area contributed by atoms with Gasteiger partial charge in [0.05, 0.1) is 11.8 Å². The van der Waals surface area contributed by atoms with E-state index in [-0.39, 0.29) is 48.6 Å². The molecule has 1 heterocycles. The zero-order valence-corrected chi connectivity index (χ0v) is 13.2. The van der Waals surface area contributed by atoms with Gasteiger partial charge in [0.2, 0.25) is 17.7 Å². The number of rotatable bonds is 5. The molecule has 2 rings (SSSR count). The first-order valence-electron chi connectivity index (χ1n) is 8.06. The highest BCUT2D eigenvalue weighted by atomic mass is 16.2. The molecule has 2 fully saturated rings. The monoisotopic (exact) mass is 294 g/mol. The van der Waals surface area contributed by atoms with E-state index in [1.54, 1.807) is 0 Å². The van der Waals surface area contributed by atoms with Gasteiger partial charge in [-0.3, -0.25) is 19.3 Å². The summed E-state index contributed by atoms with van der Waals surface area (Å²) < 4.78 is 0. The molecular weight excluding hydrogens is 268 g/mol. The zero-order valence-electron chi connectivity index (χ0n) is 13.2. The molecule has 1 aliphatic heterocycles. The average molecular weight is 294 g/mol. The molecular formula is C16H26N2O3. The molecule has 0 radical (unpaired) electrons. The van der Waals surface area contributed by atoms with Crippen LogP contribution in [0.25, 0.3) is 0 Å². The molecule has 0 bridgehead atoms. The third-order valence-electron chi connectivity index (χ3n) is 4.88. The van der Waals surface area contributed by atoms with Gasteiger partial charge in [-0.1, -0.05) is 26.7 Å². The Kier molecular flexibility index (Phi) is 5.01. The largest absolute Gasteiger partial charge is 0.353 e. The number of nitrogens with zero attached hydrogens (tertiary/aromatic N) is 1. The minimum atomic E-state index is -0.121. The van der Waals surface area contributed by atoms with Gasteiger partial charge in [-0.25, -0.2) is 0 Å². The summed E-state index contributed by atoms with van der Waals surface area (Å²) in [4.78, 5) is 37.7. The number of nitrogens with one attached hydrogen (secondary N) is 1. The maximum atomic E-state index is 12.3. The molecule has 2 aliphatic rings. The summed E-state index contributed by atoms with van der Waals surface area (Å²) in [6.45, 7) is 6.27. The lowest BCUT2D eigenvalue weighted by Crippen LogP contribution is -2.39. The summed E-state index contributed by atoms with van der Waals surface area (Å²) in [5.41, 5.74) is 0. The van der Waals surface area contributed by atoms with E-state index in [1.807, 2.05) is 20.8 Å². The summed E-state index contributed by atoms with van der Waals surface area (Å²) in [5.74, 6) is -0.0878. The summed E-state index contributed by atoms with van der Waals surface area (Å²) in [7, 11) is 0. The predicted octanol–water partition coefficient (Wildman–Crippen LogP) is 1.71. The van der Waals surface area contributed by atoms with Crippen LogP contribution in [0.3, 0.4) is 0 Å². The van der Waals surface area contributed by atoms with Gasteiger partial charge in [0.25, 0.3) is 0 Å². The van der Waals surface area contributed by atoms with E-state index in [0.717, 1.165) is 25.7 Å². The lowest BCUT2D eigenvalue weighted by molar-refractivity contribution is -0.140. The van der Waals surface area contributed by atoms with Crippen molar-refractivity contribution in [3.63, 3.8) is 0 Å². The van der Waals surface area contributed by atoms with Crippen LogP contribution in [0.5, 0.6) is 0 Å². The highest BCUT2D eigenvalue weighted by Gasteiger charge is 2.47. The van der Waals surface area contributed by atoms with Crippen LogP contribution < -0.4 is 5.32 Å². The van der Waals surface area contributed by atoms with Crippen molar-refractivity contribution in [2.24, 2.45) is 17.8 Å². The second-order valence-electron chi connectivity index (χ2n) is 6.68. The fourth-order valence-corrected chi connectivity index (χ4v) is 3.16. The summed E-state index contributed by atoms with van der Waals surface area (Å²) in [6.07, 6.45) is 3.90. The smallest absolute Gasteiger partial charge is 0.233 e. The highest BCUT2D eigenvalue weighted by molar-refractivity contribution is 6.05. The van der Waals surface area contributed by atoms with Gasteiger partial charge in [0, 0.05) is 19.0 Å². The Morgan fingerprint density at radius 2 is 1.67 bits per heavy atom. The molecule has 3 atom stereocenters. The molecule has 118 valence electrons. The number of hydrogen-bond acceptors (Lipinski definition) is 3. The first kappa shape index (κ1) is 16.0. The normalized spacial score (nSPS) is 27.0. The van der Waals surface area contributed by atoms with Crippen LogP contribution in [0.1, 0.15) is 52.9 Å². The third-order valence-corrected chi connectivity index (χ3v) is 4.88. The lowest BCUT2D eigenvalue weighted by atomic mass is 9.81. The Labute approximate surface area is 126 Å². The number of fused-ring (bicyclic) bond motifs is 1. The molecule has 1 saturated carbocycles. The Morgan fingerprint density at radius 1 is 1.14 bits per heavy atom. The van der Waals surface area contributed by atoms with Crippen LogP contribution >= 0.6 is 0 Å². The van der Waals surface area contributed by atoms with Gasteiger partial charge in [-0.05, 0) is 25.7 Å². The standard InChI is InChI=1S/C16H26N2O3/c1-10(2)11(3)17-14(19)8-9-18-15(20)12-6-4-5-7-13(12)16(18)21/h10-13H,4-9H2,1-3H3,(H,17,19)/t11-,12-,13+/m0/s1. The molecule has 1 N–H and O–H groups in total. The van der Waals surface area contributed by atoms with E-state index in [1.165, 1.54) is 4.90 Å². The highest BCUT2D eigenvalue weighted by Crippen LogP contribution is 2.37. The Morgan fingerprint density at radius 3 is 2.14 bits per heavy atom. The summed E-state index contributed by atoms with van der Waals surface area (Å²) >= 11 is 0. The molecule has 0 spiro atoms. The SMILES string of the molecule is CC(C)[C@H](C)NC(=O)CCN1C(=O)[C@H]2CCCC[C@H]2C1=O. The molecule has 0 aromatic rings. The van der Waals surface area contributed by atoms with Crippen LogP contribution in [0, 0.1) is 17.8 Å². The van der Waals surface area contributed by atoms with Crippen LogP contribution in [-0.2, 0) is 14.4 Å². The number of carbonyl (C=O) groups excluding carboxylic acids is 3. The minimum absolute atomic E-state index is 0.0607. The third kappa shape index (κ3) is 3.44. The fourth-order valence-electron chi connectivity index (χ4n) is 3.16. The van der Waals surface area contributed by atoms with Crippen molar-refractivity contribution in [3.05, 3.63) is 0 Å². The van der Waals surface area contributed by atoms with E-state index in [0.29, 0.717) is 5.92 Å². The molecule has 3 amide bonds. The predicted molar refractivity (Wildman–Crippen MR) is 79.2 cm³/mol. The molecule has 0 aromatic carbocycles.